The van der Waals surface area contributed by atoms with E-state index in [4.69, 9.17) is 9.84 Å². The Morgan fingerprint density at radius 2 is 2.00 bits per heavy atom. The van der Waals surface area contributed by atoms with Crippen molar-refractivity contribution in [3.63, 3.8) is 0 Å². The van der Waals surface area contributed by atoms with Gasteiger partial charge in [-0.3, -0.25) is 0 Å². The van der Waals surface area contributed by atoms with Gasteiger partial charge in [-0.05, 0) is 0 Å². The van der Waals surface area contributed by atoms with Crippen LogP contribution in [0.2, 0.25) is 5.32 Å². The van der Waals surface area contributed by atoms with E-state index >= 15 is 0 Å². The molecule has 1 aromatic rings. The van der Waals surface area contributed by atoms with E-state index in [2.05, 4.69) is 24.3 Å². The van der Waals surface area contributed by atoms with Crippen LogP contribution in [0, 0.1) is 11.8 Å². The summed E-state index contributed by atoms with van der Waals surface area (Å²) in [6.07, 6.45) is 2.29. The SMILES string of the molecule is O=C1C[C@@H](CCO)[C@@H](CC[Se]c2ccccc2)CO1. The van der Waals surface area contributed by atoms with Crippen LogP contribution in [0.3, 0.4) is 0 Å². The van der Waals surface area contributed by atoms with Gasteiger partial charge in [0.2, 0.25) is 0 Å². The van der Waals surface area contributed by atoms with Gasteiger partial charge in [0.15, 0.2) is 0 Å². The summed E-state index contributed by atoms with van der Waals surface area (Å²) < 4.78 is 6.57. The van der Waals surface area contributed by atoms with E-state index in [1.807, 2.05) is 6.07 Å². The van der Waals surface area contributed by atoms with E-state index in [1.54, 1.807) is 0 Å². The first-order chi connectivity index (χ1) is 9.29. The molecule has 1 N–H and O–H groups in total. The summed E-state index contributed by atoms with van der Waals surface area (Å²) in [5.74, 6) is 0.622. The molecular formula is C15H20O3Se. The zero-order valence-corrected chi connectivity index (χ0v) is 12.7. The molecule has 2 atom stereocenters. The average molecular weight is 327 g/mol. The Hall–Kier alpha value is -0.831. The third kappa shape index (κ3) is 4.64. The summed E-state index contributed by atoms with van der Waals surface area (Å²) in [5.41, 5.74) is 0. The van der Waals surface area contributed by atoms with Crippen LogP contribution < -0.4 is 4.46 Å². The molecule has 1 saturated heterocycles. The van der Waals surface area contributed by atoms with Crippen LogP contribution >= 0.6 is 0 Å². The fraction of sp³-hybridized carbons (Fsp3) is 0.533. The summed E-state index contributed by atoms with van der Waals surface area (Å²) >= 11 is 0.493. The molecule has 1 aliphatic rings. The van der Waals surface area contributed by atoms with Crippen molar-refractivity contribution >= 4 is 25.4 Å². The number of hydrogen-bond donors (Lipinski definition) is 1. The number of carbonyl (C=O) groups is 1. The Kier molecular flexibility index (Phi) is 5.90. The second-order valence-electron chi connectivity index (χ2n) is 4.87. The molecule has 19 heavy (non-hydrogen) atoms. The second-order valence-corrected chi connectivity index (χ2v) is 7.32. The molecule has 1 aliphatic heterocycles. The summed E-state index contributed by atoms with van der Waals surface area (Å²) in [6, 6.07) is 10.5. The number of cyclic esters (lactones) is 1. The van der Waals surface area contributed by atoms with Gasteiger partial charge in [0.1, 0.15) is 0 Å². The van der Waals surface area contributed by atoms with Crippen LogP contribution in [0.15, 0.2) is 30.3 Å². The van der Waals surface area contributed by atoms with E-state index in [0.29, 0.717) is 39.8 Å². The van der Waals surface area contributed by atoms with Gasteiger partial charge >= 0.3 is 120 Å². The molecule has 1 aromatic carbocycles. The van der Waals surface area contributed by atoms with Crippen LogP contribution in [-0.4, -0.2) is 39.2 Å². The maximum absolute atomic E-state index is 11.3. The third-order valence-corrected chi connectivity index (χ3v) is 5.75. The molecule has 0 unspecified atom stereocenters. The number of esters is 1. The summed E-state index contributed by atoms with van der Waals surface area (Å²) in [7, 11) is 0. The summed E-state index contributed by atoms with van der Waals surface area (Å²) in [4.78, 5) is 11.3. The first kappa shape index (κ1) is 14.6. The van der Waals surface area contributed by atoms with E-state index in [-0.39, 0.29) is 12.6 Å². The quantitative estimate of drug-likeness (QED) is 0.634. The van der Waals surface area contributed by atoms with Gasteiger partial charge in [-0.15, -0.1) is 0 Å². The predicted molar refractivity (Wildman–Crippen MR) is 75.5 cm³/mol. The molecule has 0 saturated carbocycles. The number of rotatable bonds is 6. The minimum absolute atomic E-state index is 0.108. The van der Waals surface area contributed by atoms with Gasteiger partial charge in [-0.1, -0.05) is 0 Å². The summed E-state index contributed by atoms with van der Waals surface area (Å²) in [5, 5.41) is 10.2. The van der Waals surface area contributed by atoms with Gasteiger partial charge in [0, 0.05) is 0 Å². The van der Waals surface area contributed by atoms with Crippen molar-refractivity contribution in [1.82, 2.24) is 0 Å². The van der Waals surface area contributed by atoms with Crippen molar-refractivity contribution in [1.29, 1.82) is 0 Å². The van der Waals surface area contributed by atoms with Crippen LogP contribution in [0.1, 0.15) is 19.3 Å². The third-order valence-electron chi connectivity index (χ3n) is 3.55. The van der Waals surface area contributed by atoms with Crippen LogP contribution in [0.4, 0.5) is 0 Å². The van der Waals surface area contributed by atoms with E-state index in [1.165, 1.54) is 9.78 Å². The van der Waals surface area contributed by atoms with Gasteiger partial charge in [0.25, 0.3) is 0 Å². The van der Waals surface area contributed by atoms with Crippen molar-refractivity contribution in [2.45, 2.75) is 24.6 Å². The monoisotopic (exact) mass is 328 g/mol. The molecule has 0 bridgehead atoms. The molecule has 4 heteroatoms. The Morgan fingerprint density at radius 3 is 2.74 bits per heavy atom. The number of carbonyl (C=O) groups excluding carboxylic acids is 1. The normalized spacial score (nSPS) is 23.1. The van der Waals surface area contributed by atoms with E-state index < -0.39 is 0 Å². The molecule has 2 rings (SSSR count). The van der Waals surface area contributed by atoms with Crippen LogP contribution in [-0.2, 0) is 9.53 Å². The molecule has 1 heterocycles. The van der Waals surface area contributed by atoms with Crippen molar-refractivity contribution in [2.24, 2.45) is 11.8 Å². The van der Waals surface area contributed by atoms with Gasteiger partial charge in [0.05, 0.1) is 0 Å². The zero-order chi connectivity index (χ0) is 13.5. The van der Waals surface area contributed by atoms with Crippen molar-refractivity contribution < 1.29 is 14.6 Å². The van der Waals surface area contributed by atoms with Crippen LogP contribution in [0.25, 0.3) is 0 Å². The molecule has 0 aromatic heterocycles. The number of aliphatic hydroxyl groups is 1. The van der Waals surface area contributed by atoms with Gasteiger partial charge in [-0.2, -0.15) is 0 Å². The minimum atomic E-state index is -0.108. The molecule has 3 nitrogen and oxygen atoms in total. The van der Waals surface area contributed by atoms with E-state index in [0.717, 1.165) is 12.8 Å². The molecule has 1 fully saturated rings. The standard InChI is InChI=1S/C15H20O3Se/c16-8-6-12-10-15(17)18-11-13(12)7-9-19-14-4-2-1-3-5-14/h1-5,12-13,16H,6-11H2/t12-,13+/m1/s1. The Morgan fingerprint density at radius 1 is 1.21 bits per heavy atom. The number of benzene rings is 1. The van der Waals surface area contributed by atoms with Gasteiger partial charge < -0.3 is 0 Å². The topological polar surface area (TPSA) is 46.5 Å². The number of aliphatic hydroxyl groups excluding tert-OH is 1. The fourth-order valence-electron chi connectivity index (χ4n) is 2.44. The molecule has 0 radical (unpaired) electrons. The van der Waals surface area contributed by atoms with Crippen molar-refractivity contribution in [2.75, 3.05) is 13.2 Å². The molecule has 104 valence electrons. The first-order valence-electron chi connectivity index (χ1n) is 6.74. The molecule has 0 aliphatic carbocycles. The average Bonchev–Trinajstić information content (AvgIpc) is 2.43. The van der Waals surface area contributed by atoms with Crippen molar-refractivity contribution in [3.05, 3.63) is 30.3 Å². The maximum atomic E-state index is 11.3. The second kappa shape index (κ2) is 7.68. The number of hydrogen-bond acceptors (Lipinski definition) is 3. The molecule has 0 amide bonds. The molecule has 0 spiro atoms. The Bertz CT molecular complexity index is 394. The van der Waals surface area contributed by atoms with Gasteiger partial charge in [-0.25, -0.2) is 0 Å². The molecular weight excluding hydrogens is 307 g/mol. The van der Waals surface area contributed by atoms with E-state index in [9.17, 15) is 4.79 Å². The Labute approximate surface area is 120 Å². The van der Waals surface area contributed by atoms with Crippen LogP contribution in [0.5, 0.6) is 0 Å². The zero-order valence-electron chi connectivity index (χ0n) is 11.0. The van der Waals surface area contributed by atoms with Crippen molar-refractivity contribution in [3.8, 4) is 0 Å². The Balaban J connectivity index is 1.78. The first-order valence-corrected chi connectivity index (χ1v) is 8.80. The predicted octanol–water partition coefficient (Wildman–Crippen LogP) is 1.39. The summed E-state index contributed by atoms with van der Waals surface area (Å²) in [6.45, 7) is 0.701. The number of ether oxygens (including phenoxy) is 1. The fourth-order valence-corrected chi connectivity index (χ4v) is 4.55.